The molecule has 2 rings (SSSR count). The molecular weight excluding hydrogens is 273 g/mol. The zero-order valence-corrected chi connectivity index (χ0v) is 11.7. The molecule has 1 atom stereocenters. The maximum atomic E-state index is 12.9. The van der Waals surface area contributed by atoms with Gasteiger partial charge in [-0.25, -0.2) is 14.1 Å². The molecule has 0 N–H and O–H groups in total. The van der Waals surface area contributed by atoms with E-state index in [0.717, 1.165) is 5.56 Å². The molecule has 0 bridgehead atoms. The highest BCUT2D eigenvalue weighted by molar-refractivity contribution is 5.76. The fraction of sp³-hybridized carbons (Fsp3) is 0.286. The van der Waals surface area contributed by atoms with Crippen LogP contribution in [0.3, 0.4) is 0 Å². The molecule has 0 aliphatic rings. The van der Waals surface area contributed by atoms with E-state index in [-0.39, 0.29) is 30.1 Å². The minimum absolute atomic E-state index is 0.00326. The van der Waals surface area contributed by atoms with Gasteiger partial charge in [0.1, 0.15) is 24.8 Å². The van der Waals surface area contributed by atoms with Crippen molar-refractivity contribution < 1.29 is 9.18 Å². The maximum Gasteiger partial charge on any atom is 0.252 e. The first-order chi connectivity index (χ1) is 10.0. The molecule has 7 heteroatoms. The molecule has 1 aromatic heterocycles. The molecule has 0 unspecified atom stereocenters. The van der Waals surface area contributed by atoms with Gasteiger partial charge < -0.3 is 4.90 Å². The number of carbonyl (C=O) groups excluding carboxylic acids is 1. The van der Waals surface area contributed by atoms with Crippen LogP contribution >= 0.6 is 0 Å². The third-order valence-corrected chi connectivity index (χ3v) is 3.26. The van der Waals surface area contributed by atoms with Crippen LogP contribution in [-0.4, -0.2) is 32.6 Å². The number of amides is 1. The summed E-state index contributed by atoms with van der Waals surface area (Å²) < 4.78 is 14.2. The molecule has 6 nitrogen and oxygen atoms in total. The summed E-state index contributed by atoms with van der Waals surface area (Å²) in [5, 5.41) is 12.5. The summed E-state index contributed by atoms with van der Waals surface area (Å²) in [6, 6.07) is 7.62. The summed E-state index contributed by atoms with van der Waals surface area (Å²) in [5.41, 5.74) is 0.837. The summed E-state index contributed by atoms with van der Waals surface area (Å²) in [4.78, 5) is 17.5. The lowest BCUT2D eigenvalue weighted by Gasteiger charge is -2.25. The van der Waals surface area contributed by atoms with Crippen LogP contribution in [0.1, 0.15) is 24.4 Å². The van der Waals surface area contributed by atoms with Crippen LogP contribution in [0.15, 0.2) is 30.6 Å². The van der Waals surface area contributed by atoms with Crippen molar-refractivity contribution in [1.82, 2.24) is 19.7 Å². The highest BCUT2D eigenvalue weighted by Gasteiger charge is 2.18. The van der Waals surface area contributed by atoms with Crippen LogP contribution in [0, 0.1) is 17.1 Å². The summed E-state index contributed by atoms with van der Waals surface area (Å²) in [5.74, 6) is -0.468. The number of aromatic nitrogens is 3. The second-order valence-corrected chi connectivity index (χ2v) is 4.61. The Balaban J connectivity index is 2.04. The fourth-order valence-electron chi connectivity index (χ4n) is 1.85. The van der Waals surface area contributed by atoms with Crippen molar-refractivity contribution in [3.8, 4) is 6.07 Å². The predicted molar refractivity (Wildman–Crippen MR) is 72.3 cm³/mol. The number of nitrogens with zero attached hydrogens (tertiary/aromatic N) is 5. The minimum Gasteiger partial charge on any atom is -0.337 e. The van der Waals surface area contributed by atoms with Gasteiger partial charge >= 0.3 is 0 Å². The largest absolute Gasteiger partial charge is 0.337 e. The SMILES string of the molecule is C[C@@H](c1ccc(F)cc1)N(C)C(=O)Cn1cnc(C#N)n1. The zero-order valence-electron chi connectivity index (χ0n) is 11.7. The van der Waals surface area contributed by atoms with Crippen LogP contribution in [0.25, 0.3) is 0 Å². The van der Waals surface area contributed by atoms with E-state index in [1.807, 2.05) is 6.92 Å². The Hall–Kier alpha value is -2.75. The Bertz CT molecular complexity index is 673. The molecular formula is C14H14FN5O. The molecule has 0 saturated carbocycles. The van der Waals surface area contributed by atoms with Gasteiger partial charge in [-0.3, -0.25) is 4.79 Å². The Morgan fingerprint density at radius 3 is 2.71 bits per heavy atom. The van der Waals surface area contributed by atoms with E-state index in [1.54, 1.807) is 30.1 Å². The van der Waals surface area contributed by atoms with E-state index in [0.29, 0.717) is 0 Å². The van der Waals surface area contributed by atoms with Gasteiger partial charge in [0.25, 0.3) is 5.82 Å². The summed E-state index contributed by atoms with van der Waals surface area (Å²) in [6.07, 6.45) is 1.34. The number of carbonyl (C=O) groups is 1. The number of likely N-dealkylation sites (N-methyl/N-ethyl adjacent to an activating group) is 1. The van der Waals surface area contributed by atoms with Gasteiger partial charge in [0.15, 0.2) is 0 Å². The lowest BCUT2D eigenvalue weighted by Crippen LogP contribution is -2.32. The number of nitriles is 1. The monoisotopic (exact) mass is 287 g/mol. The van der Waals surface area contributed by atoms with E-state index in [1.165, 1.54) is 23.1 Å². The first-order valence-corrected chi connectivity index (χ1v) is 6.32. The van der Waals surface area contributed by atoms with E-state index in [9.17, 15) is 9.18 Å². The molecule has 1 heterocycles. The van der Waals surface area contributed by atoms with Gasteiger partial charge in [0.2, 0.25) is 5.91 Å². The number of benzene rings is 1. The number of halogens is 1. The third kappa shape index (κ3) is 3.42. The average molecular weight is 287 g/mol. The first kappa shape index (κ1) is 14.7. The average Bonchev–Trinajstić information content (AvgIpc) is 2.94. The van der Waals surface area contributed by atoms with Crippen molar-refractivity contribution in [2.75, 3.05) is 7.05 Å². The van der Waals surface area contributed by atoms with E-state index >= 15 is 0 Å². The number of rotatable bonds is 4. The van der Waals surface area contributed by atoms with Crippen molar-refractivity contribution in [2.24, 2.45) is 0 Å². The van der Waals surface area contributed by atoms with Gasteiger partial charge in [0, 0.05) is 7.05 Å². The topological polar surface area (TPSA) is 74.8 Å². The van der Waals surface area contributed by atoms with Crippen molar-refractivity contribution >= 4 is 5.91 Å². The smallest absolute Gasteiger partial charge is 0.252 e. The first-order valence-electron chi connectivity index (χ1n) is 6.32. The van der Waals surface area contributed by atoms with Crippen LogP contribution in [-0.2, 0) is 11.3 Å². The summed E-state index contributed by atoms with van der Waals surface area (Å²) in [6.45, 7) is 1.85. The van der Waals surface area contributed by atoms with Crippen LogP contribution < -0.4 is 0 Å². The second-order valence-electron chi connectivity index (χ2n) is 4.61. The molecule has 0 aliphatic heterocycles. The minimum atomic E-state index is -0.313. The normalized spacial score (nSPS) is 11.7. The van der Waals surface area contributed by atoms with Crippen molar-refractivity contribution in [3.63, 3.8) is 0 Å². The molecule has 0 fully saturated rings. The van der Waals surface area contributed by atoms with Gasteiger partial charge in [-0.2, -0.15) is 5.26 Å². The van der Waals surface area contributed by atoms with Crippen LogP contribution in [0.2, 0.25) is 0 Å². The van der Waals surface area contributed by atoms with Gasteiger partial charge in [-0.05, 0) is 24.6 Å². The molecule has 1 aromatic carbocycles. The molecule has 1 amide bonds. The molecule has 21 heavy (non-hydrogen) atoms. The quantitative estimate of drug-likeness (QED) is 0.854. The maximum absolute atomic E-state index is 12.9. The van der Waals surface area contributed by atoms with Crippen LogP contribution in [0.4, 0.5) is 4.39 Å². The zero-order chi connectivity index (χ0) is 15.4. The predicted octanol–water partition coefficient (Wildman–Crippen LogP) is 1.51. The van der Waals surface area contributed by atoms with E-state index in [4.69, 9.17) is 5.26 Å². The standard InChI is InChI=1S/C14H14FN5O/c1-10(11-3-5-12(15)6-4-11)19(2)14(21)8-20-9-17-13(7-16)18-20/h3-6,9-10H,8H2,1-2H3/t10-/m0/s1. The molecule has 0 saturated heterocycles. The molecule has 0 radical (unpaired) electrons. The van der Waals surface area contributed by atoms with E-state index < -0.39 is 0 Å². The second kappa shape index (κ2) is 6.13. The van der Waals surface area contributed by atoms with Crippen LogP contribution in [0.5, 0.6) is 0 Å². The Morgan fingerprint density at radius 1 is 1.48 bits per heavy atom. The Morgan fingerprint density at radius 2 is 2.14 bits per heavy atom. The molecule has 0 spiro atoms. The molecule has 108 valence electrons. The van der Waals surface area contributed by atoms with Gasteiger partial charge in [0.05, 0.1) is 6.04 Å². The van der Waals surface area contributed by atoms with Crippen molar-refractivity contribution in [1.29, 1.82) is 5.26 Å². The highest BCUT2D eigenvalue weighted by atomic mass is 19.1. The van der Waals surface area contributed by atoms with Crippen molar-refractivity contribution in [3.05, 3.63) is 47.8 Å². The number of hydrogen-bond acceptors (Lipinski definition) is 4. The molecule has 2 aromatic rings. The lowest BCUT2D eigenvalue weighted by molar-refractivity contribution is -0.132. The number of hydrogen-bond donors (Lipinski definition) is 0. The Kier molecular flexibility index (Phi) is 4.28. The summed E-state index contributed by atoms with van der Waals surface area (Å²) >= 11 is 0. The third-order valence-electron chi connectivity index (χ3n) is 3.26. The van der Waals surface area contributed by atoms with E-state index in [2.05, 4.69) is 10.1 Å². The molecule has 0 aliphatic carbocycles. The Labute approximate surface area is 121 Å². The summed E-state index contributed by atoms with van der Waals surface area (Å²) in [7, 11) is 1.67. The fourth-order valence-corrected chi connectivity index (χ4v) is 1.85. The van der Waals surface area contributed by atoms with Gasteiger partial charge in [-0.15, -0.1) is 5.10 Å². The highest BCUT2D eigenvalue weighted by Crippen LogP contribution is 2.19. The van der Waals surface area contributed by atoms with Gasteiger partial charge in [-0.1, -0.05) is 12.1 Å². The van der Waals surface area contributed by atoms with Crippen molar-refractivity contribution in [2.45, 2.75) is 19.5 Å². The lowest BCUT2D eigenvalue weighted by atomic mass is 10.1.